The number of hydrogen-bond acceptors (Lipinski definition) is 4. The lowest BCUT2D eigenvalue weighted by Crippen LogP contribution is -2.27. The molecule has 1 heterocycles. The Hall–Kier alpha value is -2.74. The molecule has 0 unspecified atom stereocenters. The summed E-state index contributed by atoms with van der Waals surface area (Å²) in [4.78, 5) is 12.0. The van der Waals surface area contributed by atoms with Crippen molar-refractivity contribution in [2.75, 3.05) is 12.4 Å². The standard InChI is InChI=1S/C17H18N2O3/c1-17(2,3)16(20)19-15-12(10-18)9-14(22-15)11-5-7-13(21-4)8-6-11/h5-9H,1-4H3,(H,19,20). The second kappa shape index (κ2) is 5.94. The highest BCUT2D eigenvalue weighted by Gasteiger charge is 2.24. The third-order valence-corrected chi connectivity index (χ3v) is 3.14. The van der Waals surface area contributed by atoms with Crippen LogP contribution in [-0.4, -0.2) is 13.0 Å². The summed E-state index contributed by atoms with van der Waals surface area (Å²) in [6, 6.07) is 10.9. The van der Waals surface area contributed by atoms with Crippen molar-refractivity contribution in [3.8, 4) is 23.1 Å². The van der Waals surface area contributed by atoms with Crippen molar-refractivity contribution >= 4 is 11.8 Å². The number of amides is 1. The van der Waals surface area contributed by atoms with E-state index in [9.17, 15) is 10.1 Å². The summed E-state index contributed by atoms with van der Waals surface area (Å²) in [5, 5.41) is 11.9. The van der Waals surface area contributed by atoms with Crippen molar-refractivity contribution in [1.29, 1.82) is 5.26 Å². The summed E-state index contributed by atoms with van der Waals surface area (Å²) in [6.07, 6.45) is 0. The number of rotatable bonds is 3. The molecule has 0 aliphatic carbocycles. The van der Waals surface area contributed by atoms with E-state index in [1.807, 2.05) is 18.2 Å². The third-order valence-electron chi connectivity index (χ3n) is 3.14. The normalized spacial score (nSPS) is 10.9. The number of carbonyl (C=O) groups is 1. The average Bonchev–Trinajstić information content (AvgIpc) is 2.89. The fourth-order valence-electron chi connectivity index (χ4n) is 1.76. The van der Waals surface area contributed by atoms with E-state index in [2.05, 4.69) is 5.32 Å². The summed E-state index contributed by atoms with van der Waals surface area (Å²) < 4.78 is 10.7. The molecule has 1 aromatic heterocycles. The van der Waals surface area contributed by atoms with Gasteiger partial charge in [0.25, 0.3) is 0 Å². The first-order valence-electron chi connectivity index (χ1n) is 6.85. The Morgan fingerprint density at radius 2 is 1.91 bits per heavy atom. The van der Waals surface area contributed by atoms with Gasteiger partial charge in [-0.25, -0.2) is 0 Å². The van der Waals surface area contributed by atoms with Crippen molar-refractivity contribution in [3.63, 3.8) is 0 Å². The molecule has 0 bridgehead atoms. The molecule has 5 nitrogen and oxygen atoms in total. The minimum absolute atomic E-state index is 0.174. The number of benzene rings is 1. The molecule has 0 spiro atoms. The topological polar surface area (TPSA) is 75.3 Å². The van der Waals surface area contributed by atoms with Crippen LogP contribution in [0.1, 0.15) is 26.3 Å². The van der Waals surface area contributed by atoms with Crippen LogP contribution in [0.5, 0.6) is 5.75 Å². The highest BCUT2D eigenvalue weighted by molar-refractivity contribution is 5.94. The molecule has 0 fully saturated rings. The lowest BCUT2D eigenvalue weighted by Gasteiger charge is -2.16. The number of anilines is 1. The van der Waals surface area contributed by atoms with Crippen LogP contribution in [0.15, 0.2) is 34.7 Å². The van der Waals surface area contributed by atoms with Gasteiger partial charge in [-0.1, -0.05) is 20.8 Å². The van der Waals surface area contributed by atoms with Crippen LogP contribution in [0.3, 0.4) is 0 Å². The van der Waals surface area contributed by atoms with E-state index in [0.29, 0.717) is 11.3 Å². The number of nitrogens with one attached hydrogen (secondary N) is 1. The SMILES string of the molecule is COc1ccc(-c2cc(C#N)c(NC(=O)C(C)(C)C)o2)cc1. The van der Waals surface area contributed by atoms with E-state index in [1.54, 1.807) is 46.1 Å². The van der Waals surface area contributed by atoms with Gasteiger partial charge >= 0.3 is 0 Å². The Balaban J connectivity index is 2.32. The number of ether oxygens (including phenoxy) is 1. The fraction of sp³-hybridized carbons (Fsp3) is 0.294. The van der Waals surface area contributed by atoms with E-state index in [4.69, 9.17) is 9.15 Å². The molecule has 0 saturated heterocycles. The van der Waals surface area contributed by atoms with Crippen LogP contribution in [0, 0.1) is 16.7 Å². The van der Waals surface area contributed by atoms with E-state index in [0.717, 1.165) is 11.3 Å². The minimum atomic E-state index is -0.570. The van der Waals surface area contributed by atoms with E-state index >= 15 is 0 Å². The Bertz CT molecular complexity index is 716. The number of nitriles is 1. The molecule has 0 aliphatic heterocycles. The maximum Gasteiger partial charge on any atom is 0.232 e. The molecule has 0 atom stereocenters. The Morgan fingerprint density at radius 1 is 1.27 bits per heavy atom. The molecule has 1 N–H and O–H groups in total. The first-order valence-corrected chi connectivity index (χ1v) is 6.85. The molecule has 22 heavy (non-hydrogen) atoms. The smallest absolute Gasteiger partial charge is 0.232 e. The zero-order valence-electron chi connectivity index (χ0n) is 13.1. The maximum absolute atomic E-state index is 12.0. The van der Waals surface area contributed by atoms with Crippen molar-refractivity contribution in [2.45, 2.75) is 20.8 Å². The highest BCUT2D eigenvalue weighted by Crippen LogP contribution is 2.30. The van der Waals surface area contributed by atoms with Gasteiger partial charge in [0.05, 0.1) is 7.11 Å². The van der Waals surface area contributed by atoms with Crippen LogP contribution in [0.25, 0.3) is 11.3 Å². The van der Waals surface area contributed by atoms with Gasteiger partial charge in [-0.3, -0.25) is 10.1 Å². The second-order valence-corrected chi connectivity index (χ2v) is 5.90. The molecule has 1 amide bonds. The van der Waals surface area contributed by atoms with Crippen molar-refractivity contribution in [2.24, 2.45) is 5.41 Å². The van der Waals surface area contributed by atoms with E-state index in [1.165, 1.54) is 0 Å². The molecule has 0 radical (unpaired) electrons. The van der Waals surface area contributed by atoms with E-state index in [-0.39, 0.29) is 11.8 Å². The van der Waals surface area contributed by atoms with E-state index < -0.39 is 5.41 Å². The van der Waals surface area contributed by atoms with Gasteiger partial charge in [-0.15, -0.1) is 0 Å². The van der Waals surface area contributed by atoms with Crippen molar-refractivity contribution in [3.05, 3.63) is 35.9 Å². The quantitative estimate of drug-likeness (QED) is 0.934. The number of methoxy groups -OCH3 is 1. The lowest BCUT2D eigenvalue weighted by molar-refractivity contribution is -0.123. The molecule has 1 aromatic carbocycles. The van der Waals surface area contributed by atoms with Gasteiger partial charge in [-0.05, 0) is 24.3 Å². The molecule has 0 aliphatic rings. The second-order valence-electron chi connectivity index (χ2n) is 5.90. The number of furan rings is 1. The van der Waals surface area contributed by atoms with Crippen molar-refractivity contribution in [1.82, 2.24) is 0 Å². The van der Waals surface area contributed by atoms with Gasteiger partial charge in [0.1, 0.15) is 23.1 Å². The predicted octanol–water partition coefficient (Wildman–Crippen LogP) is 3.81. The van der Waals surface area contributed by atoms with Crippen LogP contribution in [0.4, 0.5) is 5.88 Å². The molecular weight excluding hydrogens is 280 g/mol. The van der Waals surface area contributed by atoms with Gasteiger partial charge in [0.15, 0.2) is 0 Å². The number of nitrogens with zero attached hydrogens (tertiary/aromatic N) is 1. The Morgan fingerprint density at radius 3 is 2.41 bits per heavy atom. The molecule has 114 valence electrons. The van der Waals surface area contributed by atoms with Crippen LogP contribution < -0.4 is 10.1 Å². The molecule has 5 heteroatoms. The zero-order chi connectivity index (χ0) is 16.3. The predicted molar refractivity (Wildman–Crippen MR) is 83.5 cm³/mol. The number of hydrogen-bond donors (Lipinski definition) is 1. The monoisotopic (exact) mass is 298 g/mol. The van der Waals surface area contributed by atoms with Crippen LogP contribution in [-0.2, 0) is 4.79 Å². The van der Waals surface area contributed by atoms with Crippen LogP contribution in [0.2, 0.25) is 0 Å². The highest BCUT2D eigenvalue weighted by atomic mass is 16.5. The minimum Gasteiger partial charge on any atom is -0.497 e. The van der Waals surface area contributed by atoms with Crippen LogP contribution >= 0.6 is 0 Å². The zero-order valence-corrected chi connectivity index (χ0v) is 13.1. The van der Waals surface area contributed by atoms with Gasteiger partial charge in [0, 0.05) is 17.0 Å². The molecular formula is C17H18N2O3. The molecule has 2 aromatic rings. The van der Waals surface area contributed by atoms with Gasteiger partial charge in [0.2, 0.25) is 11.8 Å². The summed E-state index contributed by atoms with van der Waals surface area (Å²) in [7, 11) is 1.59. The summed E-state index contributed by atoms with van der Waals surface area (Å²) in [5.74, 6) is 1.22. The summed E-state index contributed by atoms with van der Waals surface area (Å²) >= 11 is 0. The van der Waals surface area contributed by atoms with Crippen molar-refractivity contribution < 1.29 is 13.9 Å². The van der Waals surface area contributed by atoms with Gasteiger partial charge in [-0.2, -0.15) is 5.26 Å². The largest absolute Gasteiger partial charge is 0.497 e. The number of carbonyl (C=O) groups excluding carboxylic acids is 1. The summed E-state index contributed by atoms with van der Waals surface area (Å²) in [5.41, 5.74) is 0.525. The van der Waals surface area contributed by atoms with Gasteiger partial charge < -0.3 is 9.15 Å². The Labute approximate surface area is 129 Å². The fourth-order valence-corrected chi connectivity index (χ4v) is 1.76. The summed E-state index contributed by atoms with van der Waals surface area (Å²) in [6.45, 7) is 5.38. The molecule has 2 rings (SSSR count). The first kappa shape index (κ1) is 15.6. The molecule has 0 saturated carbocycles. The average molecular weight is 298 g/mol. The lowest BCUT2D eigenvalue weighted by atomic mass is 9.96. The Kier molecular flexibility index (Phi) is 4.22. The third kappa shape index (κ3) is 3.29. The maximum atomic E-state index is 12.0. The first-order chi connectivity index (χ1) is 10.3.